The highest BCUT2D eigenvalue weighted by Crippen LogP contribution is 2.26. The molecule has 0 saturated heterocycles. The van der Waals surface area contributed by atoms with Gasteiger partial charge >= 0.3 is 0 Å². The van der Waals surface area contributed by atoms with Crippen molar-refractivity contribution in [1.82, 2.24) is 4.57 Å². The molecule has 1 aromatic carbocycles. The van der Waals surface area contributed by atoms with E-state index >= 15 is 0 Å². The Morgan fingerprint density at radius 2 is 2.11 bits per heavy atom. The molecule has 0 amide bonds. The molecule has 0 atom stereocenters. The predicted molar refractivity (Wildman–Crippen MR) is 71.9 cm³/mol. The van der Waals surface area contributed by atoms with E-state index in [0.717, 1.165) is 0 Å². The fourth-order valence-corrected chi connectivity index (χ4v) is 2.09. The van der Waals surface area contributed by atoms with Crippen molar-refractivity contribution in [3.8, 4) is 5.75 Å². The Labute approximate surface area is 104 Å². The highest BCUT2D eigenvalue weighted by molar-refractivity contribution is 6.05. The van der Waals surface area contributed by atoms with Crippen LogP contribution in [0.15, 0.2) is 34.2 Å². The van der Waals surface area contributed by atoms with Crippen molar-refractivity contribution < 1.29 is 5.11 Å². The van der Waals surface area contributed by atoms with E-state index in [0.29, 0.717) is 23.2 Å². The number of aromatic hydroxyl groups is 1. The fraction of sp³-hybridized carbons (Fsp3) is 0.231. The van der Waals surface area contributed by atoms with E-state index in [9.17, 15) is 9.90 Å². The molecule has 2 rings (SSSR count). The SMILES string of the molecule is CCn1c(=O)c(C(C)=NN)c(O)c2ccccc21. The number of hydrogen-bond donors (Lipinski definition) is 2. The summed E-state index contributed by atoms with van der Waals surface area (Å²) in [6.07, 6.45) is 0. The molecule has 0 radical (unpaired) electrons. The smallest absolute Gasteiger partial charge is 0.263 e. The Balaban J connectivity index is 3.02. The minimum atomic E-state index is -0.277. The average Bonchev–Trinajstić information content (AvgIpc) is 2.39. The Morgan fingerprint density at radius 3 is 2.72 bits per heavy atom. The zero-order valence-corrected chi connectivity index (χ0v) is 10.3. The zero-order valence-electron chi connectivity index (χ0n) is 10.3. The van der Waals surface area contributed by atoms with Crippen LogP contribution < -0.4 is 11.4 Å². The van der Waals surface area contributed by atoms with E-state index in [2.05, 4.69) is 5.10 Å². The molecule has 1 heterocycles. The van der Waals surface area contributed by atoms with E-state index in [1.165, 1.54) is 0 Å². The molecule has 0 aliphatic carbocycles. The lowest BCUT2D eigenvalue weighted by molar-refractivity contribution is 0.477. The molecule has 5 heteroatoms. The summed E-state index contributed by atoms with van der Waals surface area (Å²) in [5.74, 6) is 5.14. The third-order valence-electron chi connectivity index (χ3n) is 3.02. The molecule has 18 heavy (non-hydrogen) atoms. The molecule has 0 aliphatic rings. The highest BCUT2D eigenvalue weighted by atomic mass is 16.3. The quantitative estimate of drug-likeness (QED) is 0.477. The number of aromatic nitrogens is 1. The second-order valence-electron chi connectivity index (χ2n) is 4.00. The molecular weight excluding hydrogens is 230 g/mol. The lowest BCUT2D eigenvalue weighted by atomic mass is 10.1. The number of nitrogens with two attached hydrogens (primary N) is 1. The van der Waals surface area contributed by atoms with Crippen molar-refractivity contribution in [2.45, 2.75) is 20.4 Å². The van der Waals surface area contributed by atoms with Crippen LogP contribution in [0.4, 0.5) is 0 Å². The number of pyridine rings is 1. The van der Waals surface area contributed by atoms with Crippen molar-refractivity contribution in [3.63, 3.8) is 0 Å². The van der Waals surface area contributed by atoms with Gasteiger partial charge in [-0.1, -0.05) is 12.1 Å². The third kappa shape index (κ3) is 1.64. The Bertz CT molecular complexity index is 686. The first-order chi connectivity index (χ1) is 8.61. The fourth-order valence-electron chi connectivity index (χ4n) is 2.09. The molecule has 0 aliphatic heterocycles. The summed E-state index contributed by atoms with van der Waals surface area (Å²) < 4.78 is 1.60. The number of nitrogens with zero attached hydrogens (tertiary/aromatic N) is 2. The van der Waals surface area contributed by atoms with E-state index in [1.54, 1.807) is 23.6 Å². The standard InChI is InChI=1S/C13H15N3O2/c1-3-16-10-7-5-4-6-9(10)12(17)11(13(16)18)8(2)15-14/h4-7,17H,3,14H2,1-2H3. The number of hydrazone groups is 1. The van der Waals surface area contributed by atoms with Crippen LogP contribution in [0.2, 0.25) is 0 Å². The molecular formula is C13H15N3O2. The van der Waals surface area contributed by atoms with Crippen LogP contribution in [-0.4, -0.2) is 15.4 Å². The first-order valence-corrected chi connectivity index (χ1v) is 5.71. The number of benzene rings is 1. The van der Waals surface area contributed by atoms with Gasteiger partial charge in [0.05, 0.1) is 11.2 Å². The number of aryl methyl sites for hydroxylation is 1. The Morgan fingerprint density at radius 1 is 1.44 bits per heavy atom. The summed E-state index contributed by atoms with van der Waals surface area (Å²) in [5.41, 5.74) is 0.917. The maximum atomic E-state index is 12.3. The van der Waals surface area contributed by atoms with Crippen LogP contribution in [0.25, 0.3) is 10.9 Å². The van der Waals surface area contributed by atoms with Gasteiger partial charge in [0.1, 0.15) is 11.3 Å². The average molecular weight is 245 g/mol. The molecule has 0 bridgehead atoms. The van der Waals surface area contributed by atoms with Crippen molar-refractivity contribution >= 4 is 16.6 Å². The van der Waals surface area contributed by atoms with Gasteiger partial charge in [0, 0.05) is 11.9 Å². The predicted octanol–water partition coefficient (Wildman–Crippen LogP) is 1.41. The molecule has 5 nitrogen and oxygen atoms in total. The molecule has 1 aromatic heterocycles. The van der Waals surface area contributed by atoms with Gasteiger partial charge in [0.2, 0.25) is 0 Å². The maximum absolute atomic E-state index is 12.3. The molecule has 0 saturated carbocycles. The molecule has 0 spiro atoms. The van der Waals surface area contributed by atoms with Gasteiger partial charge in [0.15, 0.2) is 0 Å². The normalized spacial score (nSPS) is 12.0. The molecule has 2 aromatic rings. The van der Waals surface area contributed by atoms with Crippen molar-refractivity contribution in [1.29, 1.82) is 0 Å². The monoisotopic (exact) mass is 245 g/mol. The summed E-state index contributed by atoms with van der Waals surface area (Å²) in [4.78, 5) is 12.3. The van der Waals surface area contributed by atoms with Crippen LogP contribution in [0.5, 0.6) is 5.75 Å². The van der Waals surface area contributed by atoms with E-state index in [4.69, 9.17) is 5.84 Å². The summed E-state index contributed by atoms with van der Waals surface area (Å²) in [6, 6.07) is 7.21. The largest absolute Gasteiger partial charge is 0.506 e. The van der Waals surface area contributed by atoms with Crippen molar-refractivity contribution in [3.05, 3.63) is 40.2 Å². The number of para-hydroxylation sites is 1. The lowest BCUT2D eigenvalue weighted by Crippen LogP contribution is -2.26. The summed E-state index contributed by atoms with van der Waals surface area (Å²) >= 11 is 0. The van der Waals surface area contributed by atoms with Crippen LogP contribution in [-0.2, 0) is 6.54 Å². The number of fused-ring (bicyclic) bond motifs is 1. The van der Waals surface area contributed by atoms with Gasteiger partial charge in [-0.3, -0.25) is 4.79 Å². The highest BCUT2D eigenvalue weighted by Gasteiger charge is 2.17. The van der Waals surface area contributed by atoms with Gasteiger partial charge in [-0.2, -0.15) is 5.10 Å². The molecule has 3 N–H and O–H groups in total. The van der Waals surface area contributed by atoms with Crippen LogP contribution in [0.1, 0.15) is 19.4 Å². The zero-order chi connectivity index (χ0) is 13.3. The van der Waals surface area contributed by atoms with E-state index in [-0.39, 0.29) is 16.9 Å². The lowest BCUT2D eigenvalue weighted by Gasteiger charge is -2.12. The van der Waals surface area contributed by atoms with Gasteiger partial charge in [-0.25, -0.2) is 0 Å². The van der Waals surface area contributed by atoms with Crippen molar-refractivity contribution in [2.75, 3.05) is 0 Å². The second-order valence-corrected chi connectivity index (χ2v) is 4.00. The van der Waals surface area contributed by atoms with Gasteiger partial charge < -0.3 is 15.5 Å². The van der Waals surface area contributed by atoms with Crippen molar-refractivity contribution in [2.24, 2.45) is 10.9 Å². The first kappa shape index (κ1) is 12.2. The topological polar surface area (TPSA) is 80.6 Å². The maximum Gasteiger partial charge on any atom is 0.263 e. The third-order valence-corrected chi connectivity index (χ3v) is 3.02. The van der Waals surface area contributed by atoms with Crippen LogP contribution in [0, 0.1) is 0 Å². The summed E-state index contributed by atoms with van der Waals surface area (Å²) in [6.45, 7) is 4.00. The first-order valence-electron chi connectivity index (χ1n) is 5.71. The van der Waals surface area contributed by atoms with Crippen LogP contribution in [0.3, 0.4) is 0 Å². The van der Waals surface area contributed by atoms with E-state index in [1.807, 2.05) is 19.1 Å². The Hall–Kier alpha value is -2.30. The minimum absolute atomic E-state index is 0.0630. The molecule has 0 fully saturated rings. The summed E-state index contributed by atoms with van der Waals surface area (Å²) in [5, 5.41) is 14.3. The van der Waals surface area contributed by atoms with Crippen LogP contribution >= 0.6 is 0 Å². The van der Waals surface area contributed by atoms with Gasteiger partial charge in [-0.15, -0.1) is 0 Å². The van der Waals surface area contributed by atoms with E-state index < -0.39 is 0 Å². The Kier molecular flexibility index (Phi) is 3.06. The molecule has 94 valence electrons. The number of rotatable bonds is 2. The number of hydrogen-bond acceptors (Lipinski definition) is 4. The van der Waals surface area contributed by atoms with Gasteiger partial charge in [-0.05, 0) is 26.0 Å². The summed E-state index contributed by atoms with van der Waals surface area (Å²) in [7, 11) is 0. The minimum Gasteiger partial charge on any atom is -0.506 e. The van der Waals surface area contributed by atoms with Gasteiger partial charge in [0.25, 0.3) is 5.56 Å². The second kappa shape index (κ2) is 4.52. The molecule has 0 unspecified atom stereocenters.